The Hall–Kier alpha value is -0.860. The fourth-order valence-corrected chi connectivity index (χ4v) is 2.73. The zero-order chi connectivity index (χ0) is 11.5. The highest BCUT2D eigenvalue weighted by molar-refractivity contribution is 5.22. The first-order valence-electron chi connectivity index (χ1n) is 6.17. The maximum Gasteiger partial charge on any atom is 0.0598 e. The molecule has 1 fully saturated rings. The Morgan fingerprint density at radius 3 is 2.62 bits per heavy atom. The summed E-state index contributed by atoms with van der Waals surface area (Å²) in [4.78, 5) is 2.32. The fourth-order valence-electron chi connectivity index (χ4n) is 2.73. The summed E-state index contributed by atoms with van der Waals surface area (Å²) in [7, 11) is 2.13. The lowest BCUT2D eigenvalue weighted by Crippen LogP contribution is -2.52. The van der Waals surface area contributed by atoms with Crippen LogP contribution >= 0.6 is 0 Å². The van der Waals surface area contributed by atoms with Gasteiger partial charge in [-0.05, 0) is 19.0 Å². The van der Waals surface area contributed by atoms with Gasteiger partial charge in [0.15, 0.2) is 0 Å². The van der Waals surface area contributed by atoms with Crippen LogP contribution in [0, 0.1) is 5.92 Å². The Morgan fingerprint density at radius 1 is 1.38 bits per heavy atom. The topological polar surface area (TPSA) is 23.5 Å². The minimum atomic E-state index is -0.147. The van der Waals surface area contributed by atoms with E-state index in [1.54, 1.807) is 0 Å². The van der Waals surface area contributed by atoms with Gasteiger partial charge >= 0.3 is 0 Å². The molecule has 1 aliphatic heterocycles. The van der Waals surface area contributed by atoms with Gasteiger partial charge in [0, 0.05) is 18.5 Å². The summed E-state index contributed by atoms with van der Waals surface area (Å²) in [6.07, 6.45) is 1.83. The maximum absolute atomic E-state index is 10.1. The number of nitrogens with zero attached hydrogens (tertiary/aromatic N) is 1. The SMILES string of the molecule is CCCC(O)[C@@H]1CN(C)[C@H]1c1ccccc1. The lowest BCUT2D eigenvalue weighted by Gasteiger charge is -2.48. The third-order valence-electron chi connectivity index (χ3n) is 3.60. The summed E-state index contributed by atoms with van der Waals surface area (Å²) >= 11 is 0. The van der Waals surface area contributed by atoms with Crippen molar-refractivity contribution in [1.82, 2.24) is 4.90 Å². The quantitative estimate of drug-likeness (QED) is 0.841. The molecule has 2 heteroatoms. The molecule has 88 valence electrons. The van der Waals surface area contributed by atoms with Gasteiger partial charge in [-0.1, -0.05) is 43.7 Å². The van der Waals surface area contributed by atoms with Crippen molar-refractivity contribution in [2.24, 2.45) is 5.92 Å². The fraction of sp³-hybridized carbons (Fsp3) is 0.571. The van der Waals surface area contributed by atoms with Crippen molar-refractivity contribution in [2.45, 2.75) is 31.9 Å². The van der Waals surface area contributed by atoms with E-state index in [1.165, 1.54) is 5.56 Å². The average Bonchev–Trinajstić information content (AvgIpc) is 2.27. The molecule has 3 atom stereocenters. The van der Waals surface area contributed by atoms with Crippen molar-refractivity contribution in [3.8, 4) is 0 Å². The number of aliphatic hydroxyl groups excluding tert-OH is 1. The van der Waals surface area contributed by atoms with Crippen LogP contribution in [0.3, 0.4) is 0 Å². The van der Waals surface area contributed by atoms with Crippen molar-refractivity contribution >= 4 is 0 Å². The third-order valence-corrected chi connectivity index (χ3v) is 3.60. The highest BCUT2D eigenvalue weighted by Gasteiger charge is 2.40. The van der Waals surface area contributed by atoms with Gasteiger partial charge in [-0.15, -0.1) is 0 Å². The monoisotopic (exact) mass is 219 g/mol. The largest absolute Gasteiger partial charge is 0.393 e. The molecule has 0 radical (unpaired) electrons. The second-order valence-electron chi connectivity index (χ2n) is 4.81. The van der Waals surface area contributed by atoms with Crippen LogP contribution in [0.2, 0.25) is 0 Å². The molecular formula is C14H21NO. The zero-order valence-electron chi connectivity index (χ0n) is 10.1. The van der Waals surface area contributed by atoms with Gasteiger partial charge in [-0.3, -0.25) is 4.90 Å². The number of benzene rings is 1. The lowest BCUT2D eigenvalue weighted by atomic mass is 9.79. The third kappa shape index (κ3) is 2.13. The van der Waals surface area contributed by atoms with E-state index in [2.05, 4.69) is 43.1 Å². The lowest BCUT2D eigenvalue weighted by molar-refractivity contribution is -0.0500. The van der Waals surface area contributed by atoms with Crippen LogP contribution in [-0.2, 0) is 0 Å². The number of likely N-dealkylation sites (tertiary alicyclic amines) is 1. The molecule has 1 unspecified atom stereocenters. The van der Waals surface area contributed by atoms with Crippen molar-refractivity contribution in [2.75, 3.05) is 13.6 Å². The van der Waals surface area contributed by atoms with Crippen LogP contribution in [-0.4, -0.2) is 29.7 Å². The molecule has 0 spiro atoms. The van der Waals surface area contributed by atoms with Crippen LogP contribution in [0.25, 0.3) is 0 Å². The Bertz CT molecular complexity index is 325. The Kier molecular flexibility index (Phi) is 3.62. The standard InChI is InChI=1S/C14H21NO/c1-3-7-13(16)12-10-15(2)14(12)11-8-5-4-6-9-11/h4-6,8-9,12-14,16H,3,7,10H2,1-2H3/t12-,13?,14-/m0/s1. The number of hydrogen-bond acceptors (Lipinski definition) is 2. The molecular weight excluding hydrogens is 198 g/mol. The Balaban J connectivity index is 2.08. The molecule has 0 saturated carbocycles. The molecule has 1 N–H and O–H groups in total. The van der Waals surface area contributed by atoms with E-state index in [9.17, 15) is 5.11 Å². The van der Waals surface area contributed by atoms with Crippen molar-refractivity contribution in [3.63, 3.8) is 0 Å². The molecule has 2 nitrogen and oxygen atoms in total. The highest BCUT2D eigenvalue weighted by Crippen LogP contribution is 2.40. The Labute approximate surface area is 97.9 Å². The summed E-state index contributed by atoms with van der Waals surface area (Å²) < 4.78 is 0. The molecule has 1 heterocycles. The van der Waals surface area contributed by atoms with E-state index in [4.69, 9.17) is 0 Å². The minimum absolute atomic E-state index is 0.147. The minimum Gasteiger partial charge on any atom is -0.393 e. The molecule has 2 rings (SSSR count). The summed E-state index contributed by atoms with van der Waals surface area (Å²) in [6.45, 7) is 3.14. The first kappa shape index (κ1) is 11.6. The number of hydrogen-bond donors (Lipinski definition) is 1. The average molecular weight is 219 g/mol. The normalized spacial score (nSPS) is 27.4. The predicted molar refractivity (Wildman–Crippen MR) is 66.2 cm³/mol. The second-order valence-corrected chi connectivity index (χ2v) is 4.81. The summed E-state index contributed by atoms with van der Waals surface area (Å²) in [5.74, 6) is 0.410. The van der Waals surface area contributed by atoms with Gasteiger partial charge in [-0.25, -0.2) is 0 Å². The summed E-state index contributed by atoms with van der Waals surface area (Å²) in [5.41, 5.74) is 1.33. The predicted octanol–water partition coefficient (Wildman–Crippen LogP) is 2.45. The Morgan fingerprint density at radius 2 is 2.06 bits per heavy atom. The molecule has 0 aromatic heterocycles. The van der Waals surface area contributed by atoms with E-state index in [1.807, 2.05) is 6.07 Å². The molecule has 1 aromatic carbocycles. The van der Waals surface area contributed by atoms with E-state index in [0.717, 1.165) is 19.4 Å². The van der Waals surface area contributed by atoms with Crippen LogP contribution < -0.4 is 0 Å². The van der Waals surface area contributed by atoms with Crippen molar-refractivity contribution in [1.29, 1.82) is 0 Å². The first-order valence-corrected chi connectivity index (χ1v) is 6.17. The molecule has 0 bridgehead atoms. The molecule has 0 amide bonds. The van der Waals surface area contributed by atoms with Crippen LogP contribution in [0.5, 0.6) is 0 Å². The number of aliphatic hydroxyl groups is 1. The summed E-state index contributed by atoms with van der Waals surface area (Å²) in [5, 5.41) is 10.1. The maximum atomic E-state index is 10.1. The highest BCUT2D eigenvalue weighted by atomic mass is 16.3. The summed E-state index contributed by atoms with van der Waals surface area (Å²) in [6, 6.07) is 10.9. The smallest absolute Gasteiger partial charge is 0.0598 e. The van der Waals surface area contributed by atoms with Crippen LogP contribution in [0.4, 0.5) is 0 Å². The van der Waals surface area contributed by atoms with Crippen LogP contribution in [0.15, 0.2) is 30.3 Å². The van der Waals surface area contributed by atoms with Crippen LogP contribution in [0.1, 0.15) is 31.4 Å². The van der Waals surface area contributed by atoms with Gasteiger partial charge in [-0.2, -0.15) is 0 Å². The van der Waals surface area contributed by atoms with Gasteiger partial charge in [0.05, 0.1) is 6.10 Å². The van der Waals surface area contributed by atoms with E-state index >= 15 is 0 Å². The molecule has 1 aliphatic rings. The van der Waals surface area contributed by atoms with E-state index < -0.39 is 0 Å². The number of rotatable bonds is 4. The van der Waals surface area contributed by atoms with Crippen molar-refractivity contribution in [3.05, 3.63) is 35.9 Å². The second kappa shape index (κ2) is 4.98. The van der Waals surface area contributed by atoms with Gasteiger partial charge in [0.25, 0.3) is 0 Å². The van der Waals surface area contributed by atoms with Gasteiger partial charge in [0.1, 0.15) is 0 Å². The molecule has 1 saturated heterocycles. The first-order chi connectivity index (χ1) is 7.74. The molecule has 0 aliphatic carbocycles. The van der Waals surface area contributed by atoms with Crippen molar-refractivity contribution < 1.29 is 5.11 Å². The van der Waals surface area contributed by atoms with Gasteiger partial charge in [0.2, 0.25) is 0 Å². The molecule has 1 aromatic rings. The molecule has 16 heavy (non-hydrogen) atoms. The van der Waals surface area contributed by atoms with E-state index in [0.29, 0.717) is 12.0 Å². The van der Waals surface area contributed by atoms with Gasteiger partial charge < -0.3 is 5.11 Å². The van der Waals surface area contributed by atoms with E-state index in [-0.39, 0.29) is 6.10 Å². The zero-order valence-corrected chi connectivity index (χ0v) is 10.1.